The van der Waals surface area contributed by atoms with Crippen molar-refractivity contribution in [3.63, 3.8) is 0 Å². The number of ether oxygens (including phenoxy) is 1. The maximum Gasteiger partial charge on any atom is 0.123 e. The Morgan fingerprint density at radius 2 is 2.12 bits per heavy atom. The maximum atomic E-state index is 13.1. The van der Waals surface area contributed by atoms with Gasteiger partial charge in [-0.15, -0.1) is 0 Å². The summed E-state index contributed by atoms with van der Waals surface area (Å²) in [6, 6.07) is 4.69. The van der Waals surface area contributed by atoms with Gasteiger partial charge in [-0.05, 0) is 37.6 Å². The molecule has 0 bridgehead atoms. The predicted octanol–water partition coefficient (Wildman–Crippen LogP) is 2.15. The maximum absolute atomic E-state index is 13.1. The Bertz CT molecular complexity index is 355. The monoisotopic (exact) mass is 240 g/mol. The minimum atomic E-state index is -0.249. The normalized spacial score (nSPS) is 10.9. The van der Waals surface area contributed by atoms with Crippen molar-refractivity contribution in [1.29, 1.82) is 0 Å². The van der Waals surface area contributed by atoms with Crippen LogP contribution in [0.3, 0.4) is 0 Å². The van der Waals surface area contributed by atoms with Crippen molar-refractivity contribution in [2.24, 2.45) is 5.73 Å². The zero-order valence-corrected chi connectivity index (χ0v) is 10.7. The largest absolute Gasteiger partial charge is 0.377 e. The van der Waals surface area contributed by atoms with Crippen molar-refractivity contribution in [2.45, 2.75) is 26.5 Å². The van der Waals surface area contributed by atoms with Crippen LogP contribution in [-0.4, -0.2) is 26.3 Å². The first kappa shape index (κ1) is 13.9. The summed E-state index contributed by atoms with van der Waals surface area (Å²) in [6.07, 6.45) is 0.227. The van der Waals surface area contributed by atoms with E-state index >= 15 is 0 Å². The summed E-state index contributed by atoms with van der Waals surface area (Å²) < 4.78 is 18.5. The Balaban J connectivity index is 2.64. The van der Waals surface area contributed by atoms with Gasteiger partial charge in [-0.1, -0.05) is 0 Å². The molecular weight excluding hydrogens is 219 g/mol. The number of benzene rings is 1. The predicted molar refractivity (Wildman–Crippen MR) is 68.6 cm³/mol. The van der Waals surface area contributed by atoms with Crippen LogP contribution in [0.1, 0.15) is 19.4 Å². The summed E-state index contributed by atoms with van der Waals surface area (Å²) in [4.78, 5) is 2.03. The molecule has 0 aliphatic rings. The summed E-state index contributed by atoms with van der Waals surface area (Å²) >= 11 is 0. The molecule has 0 fully saturated rings. The van der Waals surface area contributed by atoms with Gasteiger partial charge in [0.1, 0.15) is 5.82 Å². The summed E-state index contributed by atoms with van der Waals surface area (Å²) in [5.41, 5.74) is 7.39. The molecule has 96 valence electrons. The standard InChI is InChI=1S/C13H21FN2O/c1-10(2)17-7-6-16(3)13-5-4-12(14)8-11(13)9-15/h4-5,8,10H,6-7,9,15H2,1-3H3. The molecule has 0 spiro atoms. The van der Waals surface area contributed by atoms with Crippen LogP contribution in [0, 0.1) is 5.82 Å². The molecule has 0 radical (unpaired) electrons. The van der Waals surface area contributed by atoms with Gasteiger partial charge >= 0.3 is 0 Å². The van der Waals surface area contributed by atoms with Crippen LogP contribution in [0.15, 0.2) is 18.2 Å². The van der Waals surface area contributed by atoms with E-state index in [0.717, 1.165) is 17.8 Å². The zero-order valence-electron chi connectivity index (χ0n) is 10.7. The van der Waals surface area contributed by atoms with E-state index in [4.69, 9.17) is 10.5 Å². The van der Waals surface area contributed by atoms with Crippen molar-refractivity contribution in [3.05, 3.63) is 29.6 Å². The number of rotatable bonds is 6. The minimum Gasteiger partial charge on any atom is -0.377 e. The molecule has 0 atom stereocenters. The first-order valence-corrected chi connectivity index (χ1v) is 5.85. The number of halogens is 1. The Labute approximate surface area is 102 Å². The first-order chi connectivity index (χ1) is 8.04. The highest BCUT2D eigenvalue weighted by Crippen LogP contribution is 2.20. The molecular formula is C13H21FN2O. The molecule has 0 unspecified atom stereocenters. The van der Waals surface area contributed by atoms with Gasteiger partial charge in [-0.3, -0.25) is 0 Å². The van der Waals surface area contributed by atoms with Gasteiger partial charge in [0, 0.05) is 25.8 Å². The molecule has 0 saturated heterocycles. The molecule has 17 heavy (non-hydrogen) atoms. The average molecular weight is 240 g/mol. The second-order valence-electron chi connectivity index (χ2n) is 4.32. The molecule has 3 nitrogen and oxygen atoms in total. The quantitative estimate of drug-likeness (QED) is 0.828. The molecule has 0 aromatic heterocycles. The highest BCUT2D eigenvalue weighted by atomic mass is 19.1. The zero-order chi connectivity index (χ0) is 12.8. The van der Waals surface area contributed by atoms with Crippen LogP contribution >= 0.6 is 0 Å². The van der Waals surface area contributed by atoms with Gasteiger partial charge in [0.25, 0.3) is 0 Å². The molecule has 1 aromatic carbocycles. The van der Waals surface area contributed by atoms with E-state index in [1.165, 1.54) is 12.1 Å². The van der Waals surface area contributed by atoms with Gasteiger partial charge in [-0.2, -0.15) is 0 Å². The van der Waals surface area contributed by atoms with Crippen molar-refractivity contribution in [2.75, 3.05) is 25.1 Å². The van der Waals surface area contributed by atoms with Crippen LogP contribution in [-0.2, 0) is 11.3 Å². The third-order valence-electron chi connectivity index (χ3n) is 2.55. The van der Waals surface area contributed by atoms with Gasteiger partial charge in [0.05, 0.1) is 12.7 Å². The fraction of sp³-hybridized carbons (Fsp3) is 0.538. The number of hydrogen-bond donors (Lipinski definition) is 1. The summed E-state index contributed by atoms with van der Waals surface area (Å²) in [5, 5.41) is 0. The van der Waals surface area contributed by atoms with Crippen LogP contribution in [0.5, 0.6) is 0 Å². The molecule has 0 aliphatic carbocycles. The van der Waals surface area contributed by atoms with E-state index in [2.05, 4.69) is 0 Å². The second-order valence-corrected chi connectivity index (χ2v) is 4.32. The van der Waals surface area contributed by atoms with E-state index in [-0.39, 0.29) is 11.9 Å². The van der Waals surface area contributed by atoms with E-state index in [0.29, 0.717) is 13.2 Å². The van der Waals surface area contributed by atoms with Crippen LogP contribution in [0.2, 0.25) is 0 Å². The first-order valence-electron chi connectivity index (χ1n) is 5.85. The summed E-state index contributed by atoms with van der Waals surface area (Å²) in [7, 11) is 1.95. The lowest BCUT2D eigenvalue weighted by Gasteiger charge is -2.22. The number of anilines is 1. The van der Waals surface area contributed by atoms with E-state index < -0.39 is 0 Å². The second kappa shape index (κ2) is 6.57. The molecule has 1 aromatic rings. The number of hydrogen-bond acceptors (Lipinski definition) is 3. The van der Waals surface area contributed by atoms with Gasteiger partial charge in [0.15, 0.2) is 0 Å². The molecule has 0 amide bonds. The number of nitrogens with two attached hydrogens (primary N) is 1. The van der Waals surface area contributed by atoms with Crippen LogP contribution in [0.4, 0.5) is 10.1 Å². The molecule has 0 aliphatic heterocycles. The highest BCUT2D eigenvalue weighted by molar-refractivity contribution is 5.53. The third-order valence-corrected chi connectivity index (χ3v) is 2.55. The van der Waals surface area contributed by atoms with Crippen molar-refractivity contribution < 1.29 is 9.13 Å². The molecule has 0 saturated carbocycles. The molecule has 1 rings (SSSR count). The van der Waals surface area contributed by atoms with E-state index in [9.17, 15) is 4.39 Å². The highest BCUT2D eigenvalue weighted by Gasteiger charge is 2.07. The lowest BCUT2D eigenvalue weighted by atomic mass is 10.1. The van der Waals surface area contributed by atoms with Gasteiger partial charge < -0.3 is 15.4 Å². The Hall–Kier alpha value is -1.13. The van der Waals surface area contributed by atoms with E-state index in [1.54, 1.807) is 6.07 Å². The van der Waals surface area contributed by atoms with Crippen molar-refractivity contribution in [3.8, 4) is 0 Å². The fourth-order valence-corrected chi connectivity index (χ4v) is 1.64. The smallest absolute Gasteiger partial charge is 0.123 e. The van der Waals surface area contributed by atoms with Gasteiger partial charge in [-0.25, -0.2) is 4.39 Å². The topological polar surface area (TPSA) is 38.5 Å². The molecule has 2 N–H and O–H groups in total. The van der Waals surface area contributed by atoms with Crippen LogP contribution in [0.25, 0.3) is 0 Å². The Morgan fingerprint density at radius 1 is 1.41 bits per heavy atom. The minimum absolute atomic E-state index is 0.227. The van der Waals surface area contributed by atoms with E-state index in [1.807, 2.05) is 25.8 Å². The number of likely N-dealkylation sites (N-methyl/N-ethyl adjacent to an activating group) is 1. The SMILES string of the molecule is CC(C)OCCN(C)c1ccc(F)cc1CN. The summed E-state index contributed by atoms with van der Waals surface area (Å²) in [5.74, 6) is -0.249. The average Bonchev–Trinajstić information content (AvgIpc) is 2.28. The van der Waals surface area contributed by atoms with Crippen molar-refractivity contribution >= 4 is 5.69 Å². The third kappa shape index (κ3) is 4.32. The van der Waals surface area contributed by atoms with Crippen LogP contribution < -0.4 is 10.6 Å². The molecule has 4 heteroatoms. The fourth-order valence-electron chi connectivity index (χ4n) is 1.64. The van der Waals surface area contributed by atoms with Gasteiger partial charge in [0.2, 0.25) is 0 Å². The molecule has 0 heterocycles. The Morgan fingerprint density at radius 3 is 2.71 bits per heavy atom. The van der Waals surface area contributed by atoms with Crippen molar-refractivity contribution in [1.82, 2.24) is 0 Å². The Kier molecular flexibility index (Phi) is 5.38. The number of nitrogens with zero attached hydrogens (tertiary/aromatic N) is 1. The lowest BCUT2D eigenvalue weighted by Crippen LogP contribution is -2.25. The lowest BCUT2D eigenvalue weighted by molar-refractivity contribution is 0.0846. The summed E-state index contributed by atoms with van der Waals surface area (Å²) in [6.45, 7) is 5.75.